The first-order valence-corrected chi connectivity index (χ1v) is 7.69. The molecule has 0 aliphatic carbocycles. The first-order chi connectivity index (χ1) is 10.3. The summed E-state index contributed by atoms with van der Waals surface area (Å²) in [5.41, 5.74) is -0.0573. The van der Waals surface area contributed by atoms with Crippen LogP contribution in [0.3, 0.4) is 0 Å². The quantitative estimate of drug-likeness (QED) is 0.382. The van der Waals surface area contributed by atoms with Crippen LogP contribution in [0.4, 0.5) is 0 Å². The highest BCUT2D eigenvalue weighted by atomic mass is 16.6. The van der Waals surface area contributed by atoms with Crippen molar-refractivity contribution in [3.63, 3.8) is 0 Å². The lowest BCUT2D eigenvalue weighted by atomic mass is 9.93. The summed E-state index contributed by atoms with van der Waals surface area (Å²) in [4.78, 5) is 22.1. The van der Waals surface area contributed by atoms with Crippen molar-refractivity contribution in [1.29, 1.82) is 0 Å². The van der Waals surface area contributed by atoms with Gasteiger partial charge in [0.05, 0.1) is 46.1 Å². The van der Waals surface area contributed by atoms with E-state index >= 15 is 0 Å². The minimum absolute atomic E-state index is 0.0573. The standard InChI is InChI=1S/C16H30O6/c1-14(17)5-6-19-7-8-20-9-10-21-11-12-22-15(18)13-16(2,3)4/h5-13H2,1-4H3. The third kappa shape index (κ3) is 17.1. The van der Waals surface area contributed by atoms with Gasteiger partial charge in [0.1, 0.15) is 12.4 Å². The van der Waals surface area contributed by atoms with Crippen molar-refractivity contribution >= 4 is 11.8 Å². The van der Waals surface area contributed by atoms with Crippen LogP contribution in [0.25, 0.3) is 0 Å². The number of ether oxygens (including phenoxy) is 4. The highest BCUT2D eigenvalue weighted by molar-refractivity contribution is 5.75. The van der Waals surface area contributed by atoms with Gasteiger partial charge in [-0.1, -0.05) is 20.8 Å². The first-order valence-electron chi connectivity index (χ1n) is 7.69. The van der Waals surface area contributed by atoms with E-state index in [4.69, 9.17) is 18.9 Å². The fourth-order valence-electron chi connectivity index (χ4n) is 1.46. The smallest absolute Gasteiger partial charge is 0.306 e. The third-order valence-electron chi connectivity index (χ3n) is 2.51. The van der Waals surface area contributed by atoms with Gasteiger partial charge in [0, 0.05) is 6.42 Å². The lowest BCUT2D eigenvalue weighted by molar-refractivity contribution is -0.147. The molecule has 22 heavy (non-hydrogen) atoms. The van der Waals surface area contributed by atoms with Gasteiger partial charge >= 0.3 is 5.97 Å². The van der Waals surface area contributed by atoms with Crippen molar-refractivity contribution in [2.24, 2.45) is 5.41 Å². The van der Waals surface area contributed by atoms with Crippen molar-refractivity contribution in [1.82, 2.24) is 0 Å². The molecule has 0 bridgehead atoms. The second-order valence-corrected chi connectivity index (χ2v) is 6.25. The second-order valence-electron chi connectivity index (χ2n) is 6.25. The number of ketones is 1. The SMILES string of the molecule is CC(=O)CCOCCOCCOCCOC(=O)CC(C)(C)C. The summed E-state index contributed by atoms with van der Waals surface area (Å²) in [5.74, 6) is -0.0763. The number of Topliss-reactive ketones (excluding diaryl/α,β-unsaturated/α-hetero) is 1. The Morgan fingerprint density at radius 2 is 1.23 bits per heavy atom. The van der Waals surface area contributed by atoms with Crippen LogP contribution < -0.4 is 0 Å². The average Bonchev–Trinajstić information content (AvgIpc) is 2.37. The van der Waals surface area contributed by atoms with Gasteiger partial charge < -0.3 is 18.9 Å². The van der Waals surface area contributed by atoms with Crippen LogP contribution in [0.5, 0.6) is 0 Å². The molecule has 0 unspecified atom stereocenters. The van der Waals surface area contributed by atoms with Gasteiger partial charge in [-0.05, 0) is 12.3 Å². The lowest BCUT2D eigenvalue weighted by Crippen LogP contribution is -2.18. The van der Waals surface area contributed by atoms with E-state index in [9.17, 15) is 9.59 Å². The van der Waals surface area contributed by atoms with E-state index in [-0.39, 0.29) is 23.8 Å². The zero-order chi connectivity index (χ0) is 16.8. The van der Waals surface area contributed by atoms with Crippen molar-refractivity contribution in [3.8, 4) is 0 Å². The molecule has 130 valence electrons. The van der Waals surface area contributed by atoms with Crippen LogP contribution in [0.1, 0.15) is 40.5 Å². The molecule has 0 radical (unpaired) electrons. The average molecular weight is 318 g/mol. The molecule has 0 aliphatic heterocycles. The fraction of sp³-hybridized carbons (Fsp3) is 0.875. The summed E-state index contributed by atoms with van der Waals surface area (Å²) < 4.78 is 20.8. The van der Waals surface area contributed by atoms with E-state index in [1.165, 1.54) is 6.92 Å². The molecule has 0 fully saturated rings. The van der Waals surface area contributed by atoms with Crippen molar-refractivity contribution in [2.45, 2.75) is 40.5 Å². The molecule has 0 saturated carbocycles. The largest absolute Gasteiger partial charge is 0.463 e. The topological polar surface area (TPSA) is 71.1 Å². The van der Waals surface area contributed by atoms with Crippen LogP contribution in [-0.4, -0.2) is 58.0 Å². The van der Waals surface area contributed by atoms with Crippen LogP contribution in [0.2, 0.25) is 0 Å². The Morgan fingerprint density at radius 3 is 1.68 bits per heavy atom. The van der Waals surface area contributed by atoms with E-state index in [2.05, 4.69) is 0 Å². The molecular formula is C16H30O6. The summed E-state index contributed by atoms with van der Waals surface area (Å²) in [6.07, 6.45) is 0.844. The molecule has 0 saturated heterocycles. The van der Waals surface area contributed by atoms with Gasteiger partial charge in [0.15, 0.2) is 0 Å². The molecular weight excluding hydrogens is 288 g/mol. The van der Waals surface area contributed by atoms with Gasteiger partial charge in [-0.25, -0.2) is 0 Å². The Labute approximate surface area is 133 Å². The van der Waals surface area contributed by atoms with Crippen LogP contribution in [0, 0.1) is 5.41 Å². The van der Waals surface area contributed by atoms with E-state index in [1.54, 1.807) is 0 Å². The fourth-order valence-corrected chi connectivity index (χ4v) is 1.46. The lowest BCUT2D eigenvalue weighted by Gasteiger charge is -2.16. The Balaban J connectivity index is 3.21. The number of carbonyl (C=O) groups is 2. The predicted octanol–water partition coefficient (Wildman–Crippen LogP) is 1.99. The molecule has 0 amide bonds. The Kier molecular flexibility index (Phi) is 12.0. The van der Waals surface area contributed by atoms with Gasteiger partial charge in [-0.3, -0.25) is 9.59 Å². The van der Waals surface area contributed by atoms with Crippen molar-refractivity contribution in [2.75, 3.05) is 46.2 Å². The van der Waals surface area contributed by atoms with Gasteiger partial charge in [-0.15, -0.1) is 0 Å². The summed E-state index contributed by atoms with van der Waals surface area (Å²) >= 11 is 0. The van der Waals surface area contributed by atoms with E-state index in [0.29, 0.717) is 52.5 Å². The summed E-state index contributed by atoms with van der Waals surface area (Å²) in [7, 11) is 0. The summed E-state index contributed by atoms with van der Waals surface area (Å²) in [6.45, 7) is 10.4. The minimum atomic E-state index is -0.199. The molecule has 6 nitrogen and oxygen atoms in total. The Hall–Kier alpha value is -0.980. The molecule has 0 spiro atoms. The molecule has 0 aromatic heterocycles. The molecule has 0 aromatic carbocycles. The number of carbonyl (C=O) groups excluding carboxylic acids is 2. The maximum absolute atomic E-state index is 11.4. The summed E-state index contributed by atoms with van der Waals surface area (Å²) in [5, 5.41) is 0. The highest BCUT2D eigenvalue weighted by Crippen LogP contribution is 2.18. The van der Waals surface area contributed by atoms with Gasteiger partial charge in [0.25, 0.3) is 0 Å². The molecule has 0 atom stereocenters. The van der Waals surface area contributed by atoms with Crippen LogP contribution in [-0.2, 0) is 28.5 Å². The number of rotatable bonds is 13. The molecule has 0 aliphatic rings. The van der Waals surface area contributed by atoms with Gasteiger partial charge in [-0.2, -0.15) is 0 Å². The van der Waals surface area contributed by atoms with E-state index < -0.39 is 0 Å². The number of hydrogen-bond donors (Lipinski definition) is 0. The predicted molar refractivity (Wildman–Crippen MR) is 82.8 cm³/mol. The Bertz CT molecular complexity index is 308. The third-order valence-corrected chi connectivity index (χ3v) is 2.51. The zero-order valence-electron chi connectivity index (χ0n) is 14.3. The molecule has 0 rings (SSSR count). The number of hydrogen-bond acceptors (Lipinski definition) is 6. The molecule has 0 N–H and O–H groups in total. The first kappa shape index (κ1) is 21.0. The normalized spacial score (nSPS) is 11.5. The zero-order valence-corrected chi connectivity index (χ0v) is 14.3. The van der Waals surface area contributed by atoms with E-state index in [0.717, 1.165) is 0 Å². The van der Waals surface area contributed by atoms with Crippen molar-refractivity contribution < 1.29 is 28.5 Å². The minimum Gasteiger partial charge on any atom is -0.463 e. The molecule has 0 heterocycles. The van der Waals surface area contributed by atoms with Crippen LogP contribution >= 0.6 is 0 Å². The maximum atomic E-state index is 11.4. The van der Waals surface area contributed by atoms with Crippen molar-refractivity contribution in [3.05, 3.63) is 0 Å². The van der Waals surface area contributed by atoms with Gasteiger partial charge in [0.2, 0.25) is 0 Å². The summed E-state index contributed by atoms with van der Waals surface area (Å²) in [6, 6.07) is 0. The van der Waals surface area contributed by atoms with Crippen LogP contribution in [0.15, 0.2) is 0 Å². The Morgan fingerprint density at radius 1 is 0.773 bits per heavy atom. The monoisotopic (exact) mass is 318 g/mol. The maximum Gasteiger partial charge on any atom is 0.306 e. The molecule has 0 aromatic rings. The number of esters is 1. The van der Waals surface area contributed by atoms with E-state index in [1.807, 2.05) is 20.8 Å². The second kappa shape index (κ2) is 12.6. The molecule has 6 heteroatoms. The highest BCUT2D eigenvalue weighted by Gasteiger charge is 2.16.